The van der Waals surface area contributed by atoms with Crippen LogP contribution in [0.1, 0.15) is 22.7 Å². The van der Waals surface area contributed by atoms with Crippen LogP contribution in [0.5, 0.6) is 0 Å². The average molecular weight is 244 g/mol. The van der Waals surface area contributed by atoms with Crippen LogP contribution in [0.2, 0.25) is 0 Å². The first-order valence-corrected chi connectivity index (χ1v) is 6.03. The Bertz CT molecular complexity index is 511. The van der Waals surface area contributed by atoms with Gasteiger partial charge in [0, 0.05) is 18.4 Å². The van der Waals surface area contributed by atoms with E-state index >= 15 is 0 Å². The maximum absolute atomic E-state index is 13.3. The van der Waals surface area contributed by atoms with Crippen molar-refractivity contribution in [3.05, 3.63) is 65.2 Å². The van der Waals surface area contributed by atoms with E-state index in [0.29, 0.717) is 5.56 Å². The fourth-order valence-corrected chi connectivity index (χ4v) is 2.03. The lowest BCUT2D eigenvalue weighted by Gasteiger charge is -2.17. The predicted octanol–water partition coefficient (Wildman–Crippen LogP) is 3.03. The minimum atomic E-state index is -0.155. The van der Waals surface area contributed by atoms with Crippen LogP contribution in [0, 0.1) is 12.7 Å². The zero-order valence-corrected chi connectivity index (χ0v) is 10.7. The molecule has 94 valence electrons. The van der Waals surface area contributed by atoms with E-state index in [2.05, 4.69) is 10.3 Å². The molecule has 0 amide bonds. The summed E-state index contributed by atoms with van der Waals surface area (Å²) in [7, 11) is 1.92. The second kappa shape index (κ2) is 5.74. The SMILES string of the molecule is CNC(Cc1ccncc1)c1ccc(F)c(C)c1. The fourth-order valence-electron chi connectivity index (χ4n) is 2.03. The highest BCUT2D eigenvalue weighted by atomic mass is 19.1. The van der Waals surface area contributed by atoms with Gasteiger partial charge in [0.05, 0.1) is 0 Å². The molecule has 0 aliphatic heterocycles. The maximum atomic E-state index is 13.3. The molecule has 0 aliphatic rings. The van der Waals surface area contributed by atoms with Gasteiger partial charge in [0.25, 0.3) is 0 Å². The Balaban J connectivity index is 2.20. The van der Waals surface area contributed by atoms with Gasteiger partial charge in [-0.15, -0.1) is 0 Å². The second-order valence-corrected chi connectivity index (χ2v) is 4.41. The van der Waals surface area contributed by atoms with E-state index in [9.17, 15) is 4.39 Å². The van der Waals surface area contributed by atoms with Crippen molar-refractivity contribution < 1.29 is 4.39 Å². The maximum Gasteiger partial charge on any atom is 0.126 e. The minimum Gasteiger partial charge on any atom is -0.313 e. The van der Waals surface area contributed by atoms with Gasteiger partial charge in [-0.25, -0.2) is 4.39 Å². The summed E-state index contributed by atoms with van der Waals surface area (Å²) >= 11 is 0. The van der Waals surface area contributed by atoms with Gasteiger partial charge in [0.1, 0.15) is 5.82 Å². The molecule has 0 saturated carbocycles. The van der Waals surface area contributed by atoms with Crippen molar-refractivity contribution in [2.75, 3.05) is 7.05 Å². The van der Waals surface area contributed by atoms with Crippen LogP contribution < -0.4 is 5.32 Å². The van der Waals surface area contributed by atoms with Crippen molar-refractivity contribution in [1.29, 1.82) is 0 Å². The number of aromatic nitrogens is 1. The molecule has 1 aromatic carbocycles. The molecule has 2 rings (SSSR count). The number of rotatable bonds is 4. The van der Waals surface area contributed by atoms with Gasteiger partial charge in [0.2, 0.25) is 0 Å². The molecule has 1 N–H and O–H groups in total. The minimum absolute atomic E-state index is 0.155. The number of halogens is 1. The summed E-state index contributed by atoms with van der Waals surface area (Å²) in [5.74, 6) is -0.155. The summed E-state index contributed by atoms with van der Waals surface area (Å²) in [4.78, 5) is 4.01. The molecule has 2 nitrogen and oxygen atoms in total. The lowest BCUT2D eigenvalue weighted by molar-refractivity contribution is 0.582. The molecule has 0 saturated heterocycles. The Morgan fingerprint density at radius 2 is 1.94 bits per heavy atom. The first kappa shape index (κ1) is 12.7. The van der Waals surface area contributed by atoms with E-state index in [0.717, 1.165) is 12.0 Å². The van der Waals surface area contributed by atoms with Crippen LogP contribution in [0.4, 0.5) is 4.39 Å². The van der Waals surface area contributed by atoms with Crippen LogP contribution in [0.25, 0.3) is 0 Å². The molecule has 18 heavy (non-hydrogen) atoms. The monoisotopic (exact) mass is 244 g/mol. The Hall–Kier alpha value is -1.74. The van der Waals surface area contributed by atoms with Crippen molar-refractivity contribution in [3.8, 4) is 0 Å². The van der Waals surface area contributed by atoms with Gasteiger partial charge < -0.3 is 5.32 Å². The predicted molar refractivity (Wildman–Crippen MR) is 70.9 cm³/mol. The number of nitrogens with zero attached hydrogens (tertiary/aromatic N) is 1. The van der Waals surface area contributed by atoms with Gasteiger partial charge in [-0.1, -0.05) is 12.1 Å². The molecule has 0 fully saturated rings. The third-order valence-electron chi connectivity index (χ3n) is 3.12. The average Bonchev–Trinajstić information content (AvgIpc) is 2.40. The summed E-state index contributed by atoms with van der Waals surface area (Å²) in [6.07, 6.45) is 4.44. The van der Waals surface area contributed by atoms with E-state index in [1.807, 2.05) is 31.3 Å². The van der Waals surface area contributed by atoms with Crippen LogP contribution >= 0.6 is 0 Å². The number of benzene rings is 1. The number of likely N-dealkylation sites (N-methyl/N-ethyl adjacent to an activating group) is 1. The van der Waals surface area contributed by atoms with Crippen molar-refractivity contribution in [3.63, 3.8) is 0 Å². The van der Waals surface area contributed by atoms with Crippen LogP contribution in [0.15, 0.2) is 42.7 Å². The van der Waals surface area contributed by atoms with Crippen molar-refractivity contribution >= 4 is 0 Å². The van der Waals surface area contributed by atoms with Gasteiger partial charge in [-0.05, 0) is 55.3 Å². The quantitative estimate of drug-likeness (QED) is 0.894. The molecule has 0 spiro atoms. The molecule has 1 unspecified atom stereocenters. The highest BCUT2D eigenvalue weighted by Crippen LogP contribution is 2.20. The summed E-state index contributed by atoms with van der Waals surface area (Å²) in [5, 5.41) is 3.27. The molecular weight excluding hydrogens is 227 g/mol. The number of nitrogens with one attached hydrogen (secondary N) is 1. The molecular formula is C15H17FN2. The Labute approximate surface area is 107 Å². The van der Waals surface area contributed by atoms with Crippen LogP contribution in [-0.4, -0.2) is 12.0 Å². The third kappa shape index (κ3) is 2.93. The fraction of sp³-hybridized carbons (Fsp3) is 0.267. The van der Waals surface area contributed by atoms with E-state index in [4.69, 9.17) is 0 Å². The van der Waals surface area contributed by atoms with Crippen LogP contribution in [-0.2, 0) is 6.42 Å². The number of pyridine rings is 1. The number of hydrogen-bond donors (Lipinski definition) is 1. The summed E-state index contributed by atoms with van der Waals surface area (Å²) in [6, 6.07) is 9.46. The summed E-state index contributed by atoms with van der Waals surface area (Å²) in [5.41, 5.74) is 3.00. The Morgan fingerprint density at radius 1 is 1.22 bits per heavy atom. The third-order valence-corrected chi connectivity index (χ3v) is 3.12. The van der Waals surface area contributed by atoms with Crippen molar-refractivity contribution in [2.45, 2.75) is 19.4 Å². The standard InChI is InChI=1S/C15H17FN2/c1-11-9-13(3-4-14(11)16)15(17-2)10-12-5-7-18-8-6-12/h3-9,15,17H,10H2,1-2H3. The summed E-state index contributed by atoms with van der Waals surface area (Å²) in [6.45, 7) is 1.79. The molecule has 3 heteroatoms. The van der Waals surface area contributed by atoms with Gasteiger partial charge in [-0.3, -0.25) is 4.98 Å². The normalized spacial score (nSPS) is 12.4. The molecule has 1 heterocycles. The van der Waals surface area contributed by atoms with Crippen molar-refractivity contribution in [1.82, 2.24) is 10.3 Å². The number of hydrogen-bond acceptors (Lipinski definition) is 2. The molecule has 1 aromatic heterocycles. The Morgan fingerprint density at radius 3 is 2.56 bits per heavy atom. The van der Waals surface area contributed by atoms with Gasteiger partial charge in [-0.2, -0.15) is 0 Å². The molecule has 1 atom stereocenters. The lowest BCUT2D eigenvalue weighted by Crippen LogP contribution is -2.19. The first-order chi connectivity index (χ1) is 8.70. The Kier molecular flexibility index (Phi) is 4.05. The lowest BCUT2D eigenvalue weighted by atomic mass is 9.98. The highest BCUT2D eigenvalue weighted by Gasteiger charge is 2.11. The molecule has 0 bridgehead atoms. The molecule has 0 aliphatic carbocycles. The highest BCUT2D eigenvalue weighted by molar-refractivity contribution is 5.28. The number of aryl methyl sites for hydroxylation is 1. The molecule has 2 aromatic rings. The summed E-state index contributed by atoms with van der Waals surface area (Å²) < 4.78 is 13.3. The first-order valence-electron chi connectivity index (χ1n) is 6.03. The topological polar surface area (TPSA) is 24.9 Å². The molecule has 0 radical (unpaired) electrons. The van der Waals surface area contributed by atoms with Crippen molar-refractivity contribution in [2.24, 2.45) is 0 Å². The van der Waals surface area contributed by atoms with Gasteiger partial charge in [0.15, 0.2) is 0 Å². The second-order valence-electron chi connectivity index (χ2n) is 4.41. The van der Waals surface area contributed by atoms with E-state index in [1.54, 1.807) is 19.3 Å². The van der Waals surface area contributed by atoms with E-state index in [-0.39, 0.29) is 11.9 Å². The smallest absolute Gasteiger partial charge is 0.126 e. The zero-order chi connectivity index (χ0) is 13.0. The largest absolute Gasteiger partial charge is 0.313 e. The zero-order valence-electron chi connectivity index (χ0n) is 10.7. The van der Waals surface area contributed by atoms with Gasteiger partial charge >= 0.3 is 0 Å². The van der Waals surface area contributed by atoms with E-state index < -0.39 is 0 Å². The van der Waals surface area contributed by atoms with E-state index in [1.165, 1.54) is 11.6 Å². The van der Waals surface area contributed by atoms with Crippen LogP contribution in [0.3, 0.4) is 0 Å².